The SMILES string of the molecule is COc1ccc(NCc2ccc(F)cc2C(N)=NO)cn1. The number of anilines is 1. The number of nitrogens with zero attached hydrogens (tertiary/aromatic N) is 2. The van der Waals surface area contributed by atoms with E-state index >= 15 is 0 Å². The average Bonchev–Trinajstić information content (AvgIpc) is 2.53. The number of pyridine rings is 1. The first-order valence-corrected chi connectivity index (χ1v) is 6.14. The number of ether oxygens (including phenoxy) is 1. The Balaban J connectivity index is 2.15. The number of rotatable bonds is 5. The lowest BCUT2D eigenvalue weighted by molar-refractivity contribution is 0.318. The second kappa shape index (κ2) is 6.56. The summed E-state index contributed by atoms with van der Waals surface area (Å²) < 4.78 is 18.2. The highest BCUT2D eigenvalue weighted by atomic mass is 19.1. The first-order chi connectivity index (χ1) is 10.1. The van der Waals surface area contributed by atoms with Gasteiger partial charge in [-0.15, -0.1) is 0 Å². The molecule has 0 bridgehead atoms. The fraction of sp³-hybridized carbons (Fsp3) is 0.143. The largest absolute Gasteiger partial charge is 0.481 e. The maximum absolute atomic E-state index is 13.3. The van der Waals surface area contributed by atoms with E-state index in [1.807, 2.05) is 0 Å². The van der Waals surface area contributed by atoms with Crippen molar-refractivity contribution in [3.8, 4) is 5.88 Å². The van der Waals surface area contributed by atoms with Crippen LogP contribution >= 0.6 is 0 Å². The van der Waals surface area contributed by atoms with E-state index < -0.39 is 5.82 Å². The Morgan fingerprint density at radius 3 is 2.86 bits per heavy atom. The lowest BCUT2D eigenvalue weighted by Crippen LogP contribution is -2.17. The van der Waals surface area contributed by atoms with Crippen LogP contribution in [0.25, 0.3) is 0 Å². The summed E-state index contributed by atoms with van der Waals surface area (Å²) in [5.41, 5.74) is 7.35. The molecular formula is C14H15FN4O2. The standard InChI is InChI=1S/C14H15FN4O2/c1-21-13-5-4-11(8-18-13)17-7-9-2-3-10(15)6-12(9)14(16)19-20/h2-6,8,17,20H,7H2,1H3,(H2,16,19). The smallest absolute Gasteiger partial charge is 0.213 e. The van der Waals surface area contributed by atoms with Crippen molar-refractivity contribution in [1.29, 1.82) is 0 Å². The Bertz CT molecular complexity index is 644. The third kappa shape index (κ3) is 3.59. The molecule has 6 nitrogen and oxygen atoms in total. The molecule has 0 unspecified atom stereocenters. The molecule has 0 aliphatic carbocycles. The molecule has 0 spiro atoms. The molecular weight excluding hydrogens is 275 g/mol. The van der Waals surface area contributed by atoms with E-state index in [-0.39, 0.29) is 5.84 Å². The van der Waals surface area contributed by atoms with Crippen LogP contribution in [0.3, 0.4) is 0 Å². The topological polar surface area (TPSA) is 92.8 Å². The van der Waals surface area contributed by atoms with E-state index in [0.717, 1.165) is 5.69 Å². The molecule has 110 valence electrons. The zero-order chi connectivity index (χ0) is 15.2. The highest BCUT2D eigenvalue weighted by Gasteiger charge is 2.08. The molecule has 0 atom stereocenters. The van der Waals surface area contributed by atoms with Crippen molar-refractivity contribution in [2.45, 2.75) is 6.54 Å². The van der Waals surface area contributed by atoms with Gasteiger partial charge in [-0.1, -0.05) is 11.2 Å². The lowest BCUT2D eigenvalue weighted by atomic mass is 10.1. The third-order valence-electron chi connectivity index (χ3n) is 2.88. The summed E-state index contributed by atoms with van der Waals surface area (Å²) in [5.74, 6) is -0.0784. The third-order valence-corrected chi connectivity index (χ3v) is 2.88. The molecule has 1 aromatic carbocycles. The van der Waals surface area contributed by atoms with Crippen molar-refractivity contribution < 1.29 is 14.3 Å². The van der Waals surface area contributed by atoms with Gasteiger partial charge in [0.1, 0.15) is 5.82 Å². The molecule has 0 radical (unpaired) electrons. The van der Waals surface area contributed by atoms with Gasteiger partial charge in [0.2, 0.25) is 5.88 Å². The van der Waals surface area contributed by atoms with Crippen LogP contribution in [0.4, 0.5) is 10.1 Å². The molecule has 21 heavy (non-hydrogen) atoms. The molecule has 0 saturated carbocycles. The van der Waals surface area contributed by atoms with Gasteiger partial charge in [-0.2, -0.15) is 0 Å². The number of amidine groups is 1. The van der Waals surface area contributed by atoms with Gasteiger partial charge < -0.3 is 21.0 Å². The predicted octanol–water partition coefficient (Wildman–Crippen LogP) is 1.94. The molecule has 1 heterocycles. The van der Waals surface area contributed by atoms with Gasteiger partial charge in [-0.05, 0) is 23.8 Å². The number of benzene rings is 1. The van der Waals surface area contributed by atoms with E-state index in [1.165, 1.54) is 19.2 Å². The summed E-state index contributed by atoms with van der Waals surface area (Å²) in [7, 11) is 1.54. The van der Waals surface area contributed by atoms with E-state index in [9.17, 15) is 4.39 Å². The minimum atomic E-state index is -0.452. The van der Waals surface area contributed by atoms with E-state index in [0.29, 0.717) is 23.6 Å². The number of oxime groups is 1. The fourth-order valence-corrected chi connectivity index (χ4v) is 1.80. The average molecular weight is 290 g/mol. The number of nitrogens with two attached hydrogens (primary N) is 1. The number of hydrogen-bond acceptors (Lipinski definition) is 5. The molecule has 0 aliphatic heterocycles. The maximum Gasteiger partial charge on any atom is 0.213 e. The Kier molecular flexibility index (Phi) is 4.55. The van der Waals surface area contributed by atoms with Crippen molar-refractivity contribution in [1.82, 2.24) is 4.98 Å². The molecule has 2 rings (SSSR count). The zero-order valence-electron chi connectivity index (χ0n) is 11.4. The number of methoxy groups -OCH3 is 1. The molecule has 2 aromatic rings. The van der Waals surface area contributed by atoms with E-state index in [1.54, 1.807) is 24.4 Å². The summed E-state index contributed by atoms with van der Waals surface area (Å²) in [6.07, 6.45) is 1.62. The molecule has 4 N–H and O–H groups in total. The Morgan fingerprint density at radius 2 is 2.24 bits per heavy atom. The van der Waals surface area contributed by atoms with Crippen molar-refractivity contribution in [2.24, 2.45) is 10.9 Å². The van der Waals surface area contributed by atoms with Crippen molar-refractivity contribution in [2.75, 3.05) is 12.4 Å². The normalized spacial score (nSPS) is 11.2. The Hall–Kier alpha value is -2.83. The number of aromatic nitrogens is 1. The van der Waals surface area contributed by atoms with Crippen LogP contribution in [0.2, 0.25) is 0 Å². The van der Waals surface area contributed by atoms with Gasteiger partial charge in [0.25, 0.3) is 0 Å². The van der Waals surface area contributed by atoms with Crippen LogP contribution < -0.4 is 15.8 Å². The summed E-state index contributed by atoms with van der Waals surface area (Å²) >= 11 is 0. The van der Waals surface area contributed by atoms with Crippen LogP contribution in [0.1, 0.15) is 11.1 Å². The summed E-state index contributed by atoms with van der Waals surface area (Å²) in [6.45, 7) is 0.375. The fourth-order valence-electron chi connectivity index (χ4n) is 1.80. The molecule has 0 saturated heterocycles. The molecule has 0 amide bonds. The van der Waals surface area contributed by atoms with Gasteiger partial charge in [-0.25, -0.2) is 9.37 Å². The Morgan fingerprint density at radius 1 is 1.43 bits per heavy atom. The first kappa shape index (κ1) is 14.6. The molecule has 0 fully saturated rings. The first-order valence-electron chi connectivity index (χ1n) is 6.14. The van der Waals surface area contributed by atoms with Crippen molar-refractivity contribution in [3.05, 3.63) is 53.5 Å². The van der Waals surface area contributed by atoms with Gasteiger partial charge in [0.05, 0.1) is 19.0 Å². The quantitative estimate of drug-likeness (QED) is 0.339. The van der Waals surface area contributed by atoms with Crippen LogP contribution in [-0.2, 0) is 6.54 Å². The van der Waals surface area contributed by atoms with Crippen molar-refractivity contribution in [3.63, 3.8) is 0 Å². The predicted molar refractivity (Wildman–Crippen MR) is 77.0 cm³/mol. The maximum atomic E-state index is 13.3. The minimum Gasteiger partial charge on any atom is -0.481 e. The molecule has 1 aromatic heterocycles. The van der Waals surface area contributed by atoms with Crippen molar-refractivity contribution >= 4 is 11.5 Å². The van der Waals surface area contributed by atoms with E-state index in [2.05, 4.69) is 15.5 Å². The lowest BCUT2D eigenvalue weighted by Gasteiger charge is -2.11. The summed E-state index contributed by atoms with van der Waals surface area (Å²) in [6, 6.07) is 7.64. The highest BCUT2D eigenvalue weighted by Crippen LogP contribution is 2.15. The van der Waals surface area contributed by atoms with Crippen LogP contribution in [0.5, 0.6) is 5.88 Å². The number of hydrogen-bond donors (Lipinski definition) is 3. The second-order valence-corrected chi connectivity index (χ2v) is 4.23. The minimum absolute atomic E-state index is 0.140. The molecule has 0 aliphatic rings. The van der Waals surface area contributed by atoms with E-state index in [4.69, 9.17) is 15.7 Å². The highest BCUT2D eigenvalue weighted by molar-refractivity contribution is 5.98. The second-order valence-electron chi connectivity index (χ2n) is 4.23. The summed E-state index contributed by atoms with van der Waals surface area (Å²) in [5, 5.41) is 14.8. The monoisotopic (exact) mass is 290 g/mol. The van der Waals surface area contributed by atoms with Gasteiger partial charge >= 0.3 is 0 Å². The zero-order valence-corrected chi connectivity index (χ0v) is 11.4. The van der Waals surface area contributed by atoms with Gasteiger partial charge in [-0.3, -0.25) is 0 Å². The number of nitrogens with one attached hydrogen (secondary N) is 1. The summed E-state index contributed by atoms with van der Waals surface area (Å²) in [4.78, 5) is 4.06. The van der Waals surface area contributed by atoms with Gasteiger partial charge in [0, 0.05) is 18.2 Å². The van der Waals surface area contributed by atoms with Crippen LogP contribution in [0.15, 0.2) is 41.7 Å². The van der Waals surface area contributed by atoms with Gasteiger partial charge in [0.15, 0.2) is 5.84 Å². The molecule has 7 heteroatoms. The Labute approximate surface area is 121 Å². The van der Waals surface area contributed by atoms with Crippen LogP contribution in [-0.4, -0.2) is 23.1 Å². The van der Waals surface area contributed by atoms with Crippen LogP contribution in [0, 0.1) is 5.82 Å². The number of halogens is 1.